The molecule has 2 aliphatic rings. The molecule has 2 aliphatic heterocycles. The first kappa shape index (κ1) is 26.9. The van der Waals surface area contributed by atoms with E-state index < -0.39 is 5.60 Å². The number of benzene rings is 1. The number of likely N-dealkylation sites (tertiary alicyclic amines) is 1. The highest BCUT2D eigenvalue weighted by atomic mass is 16.6. The minimum Gasteiger partial charge on any atom is -0.468 e. The summed E-state index contributed by atoms with van der Waals surface area (Å²) in [4.78, 5) is 36.1. The normalized spacial score (nSPS) is 17.8. The van der Waals surface area contributed by atoms with E-state index in [-0.39, 0.29) is 24.6 Å². The van der Waals surface area contributed by atoms with Crippen LogP contribution in [0.15, 0.2) is 42.5 Å². The maximum atomic E-state index is 12.8. The van der Waals surface area contributed by atoms with Crippen molar-refractivity contribution in [2.75, 3.05) is 49.6 Å². The molecule has 0 saturated carbocycles. The third-order valence-electron chi connectivity index (χ3n) is 6.92. The van der Waals surface area contributed by atoms with Crippen molar-refractivity contribution in [1.82, 2.24) is 9.88 Å². The number of ether oxygens (including phenoxy) is 2. The second kappa shape index (κ2) is 11.9. The molecule has 0 aliphatic carbocycles. The topological polar surface area (TPSA) is 75.2 Å². The monoisotopic (exact) mass is 508 g/mol. The molecule has 1 aromatic heterocycles. The first-order chi connectivity index (χ1) is 17.7. The van der Waals surface area contributed by atoms with Crippen molar-refractivity contribution in [2.45, 2.75) is 64.5 Å². The van der Waals surface area contributed by atoms with Crippen molar-refractivity contribution in [3.63, 3.8) is 0 Å². The van der Waals surface area contributed by atoms with E-state index in [2.05, 4.69) is 21.9 Å². The van der Waals surface area contributed by atoms with Gasteiger partial charge in [-0.1, -0.05) is 24.3 Å². The molecule has 0 bridgehead atoms. The summed E-state index contributed by atoms with van der Waals surface area (Å²) in [5.74, 6) is 0.529. The second-order valence-electron chi connectivity index (χ2n) is 10.9. The van der Waals surface area contributed by atoms with Gasteiger partial charge in [-0.15, -0.1) is 0 Å². The lowest BCUT2D eigenvalue weighted by Crippen LogP contribution is -2.41. The lowest BCUT2D eigenvalue weighted by atomic mass is 10.0. The quantitative estimate of drug-likeness (QED) is 0.488. The fourth-order valence-electron chi connectivity index (χ4n) is 5.12. The molecule has 3 heterocycles. The summed E-state index contributed by atoms with van der Waals surface area (Å²) < 4.78 is 10.6. The van der Waals surface area contributed by atoms with E-state index >= 15 is 0 Å². The summed E-state index contributed by atoms with van der Waals surface area (Å²) in [5, 5.41) is 0. The lowest BCUT2D eigenvalue weighted by molar-refractivity contribution is -0.139. The summed E-state index contributed by atoms with van der Waals surface area (Å²) in [7, 11) is 1.44. The molecule has 1 amide bonds. The Hall–Kier alpha value is -3.13. The number of aryl methyl sites for hydroxylation is 2. The van der Waals surface area contributed by atoms with Gasteiger partial charge in [0.2, 0.25) is 0 Å². The fraction of sp³-hybridized carbons (Fsp3) is 0.552. The first-order valence-corrected chi connectivity index (χ1v) is 13.3. The zero-order valence-corrected chi connectivity index (χ0v) is 22.6. The fourth-order valence-corrected chi connectivity index (χ4v) is 5.12. The van der Waals surface area contributed by atoms with Gasteiger partial charge in [-0.05, 0) is 83.2 Å². The SMILES string of the molecule is COC(=O)CN(c1ccccc1)C1CCN(CCCc2ccc3c(n2)N(C(=O)OC(C)(C)C)CCC3)C1. The van der Waals surface area contributed by atoms with Gasteiger partial charge in [0.1, 0.15) is 18.0 Å². The Bertz CT molecular complexity index is 1070. The Morgan fingerprint density at radius 2 is 1.89 bits per heavy atom. The van der Waals surface area contributed by atoms with Crippen molar-refractivity contribution < 1.29 is 19.1 Å². The summed E-state index contributed by atoms with van der Waals surface area (Å²) in [6.45, 7) is 9.43. The van der Waals surface area contributed by atoms with Crippen LogP contribution in [0.4, 0.5) is 16.3 Å². The second-order valence-corrected chi connectivity index (χ2v) is 10.9. The number of methoxy groups -OCH3 is 1. The summed E-state index contributed by atoms with van der Waals surface area (Å²) in [6, 6.07) is 14.6. The maximum absolute atomic E-state index is 12.8. The van der Waals surface area contributed by atoms with Crippen molar-refractivity contribution in [2.24, 2.45) is 0 Å². The number of fused-ring (bicyclic) bond motifs is 1. The lowest BCUT2D eigenvalue weighted by Gasteiger charge is -2.31. The van der Waals surface area contributed by atoms with Crippen molar-refractivity contribution >= 4 is 23.6 Å². The number of carbonyl (C=O) groups is 2. The molecule has 200 valence electrons. The molecule has 1 fully saturated rings. The van der Waals surface area contributed by atoms with E-state index in [1.807, 2.05) is 51.1 Å². The molecule has 8 heteroatoms. The number of esters is 1. The molecular formula is C29H40N4O4. The van der Waals surface area contributed by atoms with Gasteiger partial charge in [0.05, 0.1) is 7.11 Å². The molecule has 1 aromatic carbocycles. The Morgan fingerprint density at radius 1 is 1.11 bits per heavy atom. The van der Waals surface area contributed by atoms with Crippen LogP contribution in [0.1, 0.15) is 51.3 Å². The van der Waals surface area contributed by atoms with Crippen LogP contribution >= 0.6 is 0 Å². The van der Waals surface area contributed by atoms with Gasteiger partial charge in [0.15, 0.2) is 0 Å². The van der Waals surface area contributed by atoms with E-state index in [1.54, 1.807) is 4.90 Å². The van der Waals surface area contributed by atoms with Gasteiger partial charge in [-0.25, -0.2) is 9.78 Å². The van der Waals surface area contributed by atoms with Crippen LogP contribution in [-0.4, -0.2) is 73.4 Å². The molecule has 0 radical (unpaired) electrons. The number of hydrogen-bond acceptors (Lipinski definition) is 7. The molecular weight excluding hydrogens is 468 g/mol. The average Bonchev–Trinajstić information content (AvgIpc) is 3.34. The summed E-state index contributed by atoms with van der Waals surface area (Å²) in [6.07, 6.45) is 4.36. The highest BCUT2D eigenvalue weighted by Gasteiger charge is 2.30. The zero-order chi connectivity index (χ0) is 26.4. The van der Waals surface area contributed by atoms with E-state index in [4.69, 9.17) is 14.5 Å². The average molecular weight is 509 g/mol. The largest absolute Gasteiger partial charge is 0.468 e. The van der Waals surface area contributed by atoms with Crippen molar-refractivity contribution in [1.29, 1.82) is 0 Å². The van der Waals surface area contributed by atoms with Crippen LogP contribution in [-0.2, 0) is 27.1 Å². The van der Waals surface area contributed by atoms with Gasteiger partial charge in [0, 0.05) is 37.1 Å². The molecule has 1 saturated heterocycles. The van der Waals surface area contributed by atoms with Gasteiger partial charge in [-0.3, -0.25) is 9.69 Å². The van der Waals surface area contributed by atoms with Crippen LogP contribution in [0.2, 0.25) is 0 Å². The summed E-state index contributed by atoms with van der Waals surface area (Å²) >= 11 is 0. The summed E-state index contributed by atoms with van der Waals surface area (Å²) in [5.41, 5.74) is 2.62. The number of carbonyl (C=O) groups excluding carboxylic acids is 2. The Morgan fingerprint density at radius 3 is 2.62 bits per heavy atom. The van der Waals surface area contributed by atoms with Crippen LogP contribution in [0.25, 0.3) is 0 Å². The van der Waals surface area contributed by atoms with Crippen molar-refractivity contribution in [3.8, 4) is 0 Å². The number of hydrogen-bond donors (Lipinski definition) is 0. The highest BCUT2D eigenvalue weighted by molar-refractivity contribution is 5.88. The molecule has 8 nitrogen and oxygen atoms in total. The maximum Gasteiger partial charge on any atom is 0.416 e. The standard InChI is InChI=1S/C29H40N4O4/c1-29(2,3)37-28(35)32-18-8-10-22-14-15-23(30-27(22)32)11-9-17-31-19-16-25(20-31)33(21-26(34)36-4)24-12-6-5-7-13-24/h5-7,12-15,25H,8-11,16-21H2,1-4H3. The van der Waals surface area contributed by atoms with Gasteiger partial charge in [-0.2, -0.15) is 0 Å². The van der Waals surface area contributed by atoms with E-state index in [1.165, 1.54) is 7.11 Å². The zero-order valence-electron chi connectivity index (χ0n) is 22.6. The number of pyridine rings is 1. The molecule has 1 atom stereocenters. The third-order valence-corrected chi connectivity index (χ3v) is 6.92. The highest BCUT2D eigenvalue weighted by Crippen LogP contribution is 2.28. The van der Waals surface area contributed by atoms with E-state index in [9.17, 15) is 9.59 Å². The third kappa shape index (κ3) is 7.22. The predicted molar refractivity (Wildman–Crippen MR) is 145 cm³/mol. The van der Waals surface area contributed by atoms with Gasteiger partial charge in [0.25, 0.3) is 0 Å². The number of aromatic nitrogens is 1. The van der Waals surface area contributed by atoms with Crippen LogP contribution in [0.5, 0.6) is 0 Å². The Kier molecular flexibility index (Phi) is 8.69. The van der Waals surface area contributed by atoms with Crippen LogP contribution in [0, 0.1) is 0 Å². The van der Waals surface area contributed by atoms with Crippen LogP contribution in [0.3, 0.4) is 0 Å². The minimum absolute atomic E-state index is 0.221. The van der Waals surface area contributed by atoms with E-state index in [0.717, 1.165) is 74.5 Å². The Balaban J connectivity index is 1.33. The molecule has 37 heavy (non-hydrogen) atoms. The number of rotatable bonds is 8. The number of para-hydroxylation sites is 1. The number of nitrogens with zero attached hydrogens (tertiary/aromatic N) is 4. The number of anilines is 2. The molecule has 1 unspecified atom stereocenters. The van der Waals surface area contributed by atoms with Crippen LogP contribution < -0.4 is 9.80 Å². The molecule has 0 N–H and O–H groups in total. The van der Waals surface area contributed by atoms with Crippen molar-refractivity contribution in [3.05, 3.63) is 53.7 Å². The predicted octanol–water partition coefficient (Wildman–Crippen LogP) is 4.46. The van der Waals surface area contributed by atoms with Gasteiger partial charge < -0.3 is 19.3 Å². The Labute approximate surface area is 220 Å². The minimum atomic E-state index is -0.535. The molecule has 4 rings (SSSR count). The molecule has 2 aromatic rings. The van der Waals surface area contributed by atoms with E-state index in [0.29, 0.717) is 6.54 Å². The molecule has 0 spiro atoms. The first-order valence-electron chi connectivity index (χ1n) is 13.3. The van der Waals surface area contributed by atoms with Gasteiger partial charge >= 0.3 is 12.1 Å². The number of amides is 1. The smallest absolute Gasteiger partial charge is 0.416 e.